The van der Waals surface area contributed by atoms with Crippen molar-refractivity contribution in [2.24, 2.45) is 0 Å². The maximum absolute atomic E-state index is 11.9. The summed E-state index contributed by atoms with van der Waals surface area (Å²) in [5.41, 5.74) is 0.831. The van der Waals surface area contributed by atoms with Crippen LogP contribution in [0.3, 0.4) is 0 Å². The number of benzene rings is 1. The Morgan fingerprint density at radius 3 is 2.35 bits per heavy atom. The molecule has 94 valence electrons. The molecule has 1 N–H and O–H groups in total. The smallest absolute Gasteiger partial charge is 0.406 e. The van der Waals surface area contributed by atoms with Crippen molar-refractivity contribution in [3.8, 4) is 5.75 Å². The molecule has 0 spiro atoms. The first-order valence-electron chi connectivity index (χ1n) is 4.75. The van der Waals surface area contributed by atoms with Gasteiger partial charge in [0.1, 0.15) is 5.75 Å². The van der Waals surface area contributed by atoms with Crippen LogP contribution in [-0.4, -0.2) is 12.9 Å². The van der Waals surface area contributed by atoms with E-state index in [9.17, 15) is 13.2 Å². The lowest BCUT2D eigenvalue weighted by Crippen LogP contribution is -2.17. The van der Waals surface area contributed by atoms with Crippen molar-refractivity contribution < 1.29 is 17.9 Å². The first-order valence-corrected chi connectivity index (χ1v) is 5.13. The molecule has 0 aromatic heterocycles. The topological polar surface area (TPSA) is 21.3 Å². The molecule has 1 aromatic carbocycles. The van der Waals surface area contributed by atoms with E-state index in [1.165, 1.54) is 12.1 Å². The van der Waals surface area contributed by atoms with Gasteiger partial charge in [0.15, 0.2) is 0 Å². The lowest BCUT2D eigenvalue weighted by molar-refractivity contribution is -0.274. The van der Waals surface area contributed by atoms with Crippen molar-refractivity contribution in [1.29, 1.82) is 0 Å². The van der Waals surface area contributed by atoms with Crippen LogP contribution in [0.2, 0.25) is 0 Å². The normalized spacial score (nSPS) is 11.3. The molecular formula is C11H11ClF3NO. The number of alkyl halides is 3. The number of nitrogens with one attached hydrogen (secondary N) is 1. The fourth-order valence-corrected chi connectivity index (χ4v) is 1.25. The van der Waals surface area contributed by atoms with Crippen molar-refractivity contribution in [3.63, 3.8) is 0 Å². The summed E-state index contributed by atoms with van der Waals surface area (Å²) in [7, 11) is 0. The van der Waals surface area contributed by atoms with E-state index in [-0.39, 0.29) is 5.75 Å². The molecule has 0 radical (unpaired) electrons. The highest BCUT2D eigenvalue weighted by molar-refractivity contribution is 6.29. The van der Waals surface area contributed by atoms with Gasteiger partial charge in [0, 0.05) is 18.1 Å². The van der Waals surface area contributed by atoms with Crippen LogP contribution in [0.15, 0.2) is 35.9 Å². The Labute approximate surface area is 102 Å². The molecule has 6 heteroatoms. The highest BCUT2D eigenvalue weighted by atomic mass is 35.5. The Balaban J connectivity index is 2.47. The molecule has 2 nitrogen and oxygen atoms in total. The fourth-order valence-electron chi connectivity index (χ4n) is 1.15. The highest BCUT2D eigenvalue weighted by Crippen LogP contribution is 2.22. The van der Waals surface area contributed by atoms with Crippen LogP contribution in [0.25, 0.3) is 0 Å². The molecule has 0 atom stereocenters. The Kier molecular flexibility index (Phi) is 4.84. The third-order valence-corrected chi connectivity index (χ3v) is 1.94. The summed E-state index contributed by atoms with van der Waals surface area (Å²) in [6.45, 7) is 4.44. The second-order valence-corrected chi connectivity index (χ2v) is 3.85. The van der Waals surface area contributed by atoms with Gasteiger partial charge in [0.25, 0.3) is 0 Å². The number of rotatable bonds is 5. The molecule has 1 rings (SSSR count). The summed E-state index contributed by atoms with van der Waals surface area (Å²) < 4.78 is 39.4. The van der Waals surface area contributed by atoms with E-state index in [1.807, 2.05) is 0 Å². The van der Waals surface area contributed by atoms with E-state index >= 15 is 0 Å². The Morgan fingerprint density at radius 2 is 1.88 bits per heavy atom. The summed E-state index contributed by atoms with van der Waals surface area (Å²) in [6, 6.07) is 5.62. The van der Waals surface area contributed by atoms with Gasteiger partial charge in [-0.3, -0.25) is 0 Å². The minimum Gasteiger partial charge on any atom is -0.406 e. The molecule has 0 fully saturated rings. The third kappa shape index (κ3) is 6.19. The Hall–Kier alpha value is -1.20. The van der Waals surface area contributed by atoms with Gasteiger partial charge in [-0.15, -0.1) is 13.2 Å². The van der Waals surface area contributed by atoms with Crippen LogP contribution < -0.4 is 10.1 Å². The monoisotopic (exact) mass is 265 g/mol. The van der Waals surface area contributed by atoms with E-state index in [4.69, 9.17) is 11.6 Å². The van der Waals surface area contributed by atoms with E-state index in [0.717, 1.165) is 5.56 Å². The third-order valence-electron chi connectivity index (χ3n) is 1.80. The van der Waals surface area contributed by atoms with Crippen molar-refractivity contribution in [1.82, 2.24) is 5.32 Å². The molecule has 0 aliphatic carbocycles. The maximum Gasteiger partial charge on any atom is 0.573 e. The van der Waals surface area contributed by atoms with Crippen molar-refractivity contribution in [2.45, 2.75) is 12.9 Å². The van der Waals surface area contributed by atoms with Crippen LogP contribution in [0.1, 0.15) is 5.56 Å². The molecule has 1 aromatic rings. The summed E-state index contributed by atoms with van der Waals surface area (Å²) >= 11 is 5.54. The maximum atomic E-state index is 11.9. The predicted molar refractivity (Wildman–Crippen MR) is 59.8 cm³/mol. The first-order chi connectivity index (χ1) is 7.87. The van der Waals surface area contributed by atoms with Gasteiger partial charge in [0.2, 0.25) is 0 Å². The van der Waals surface area contributed by atoms with Gasteiger partial charge in [-0.05, 0) is 17.7 Å². The van der Waals surface area contributed by atoms with Crippen LogP contribution in [-0.2, 0) is 6.54 Å². The summed E-state index contributed by atoms with van der Waals surface area (Å²) in [4.78, 5) is 0. The fraction of sp³-hybridized carbons (Fsp3) is 0.273. The highest BCUT2D eigenvalue weighted by Gasteiger charge is 2.30. The average Bonchev–Trinajstić information content (AvgIpc) is 2.18. The van der Waals surface area contributed by atoms with Gasteiger partial charge in [0.05, 0.1) is 0 Å². The van der Waals surface area contributed by atoms with Crippen LogP contribution in [0.4, 0.5) is 13.2 Å². The SMILES string of the molecule is C=C(Cl)CNCc1ccc(OC(F)(F)F)cc1. The minimum absolute atomic E-state index is 0.233. The van der Waals surface area contributed by atoms with Gasteiger partial charge in [-0.2, -0.15) is 0 Å². The lowest BCUT2D eigenvalue weighted by Gasteiger charge is -2.09. The van der Waals surface area contributed by atoms with Crippen molar-refractivity contribution >= 4 is 11.6 Å². The number of halogens is 4. The molecule has 0 amide bonds. The largest absolute Gasteiger partial charge is 0.573 e. The van der Waals surface area contributed by atoms with Gasteiger partial charge in [-0.1, -0.05) is 30.3 Å². The van der Waals surface area contributed by atoms with E-state index in [1.54, 1.807) is 12.1 Å². The van der Waals surface area contributed by atoms with E-state index in [2.05, 4.69) is 16.6 Å². The second kappa shape index (κ2) is 5.93. The zero-order valence-corrected chi connectivity index (χ0v) is 9.61. The van der Waals surface area contributed by atoms with Crippen molar-refractivity contribution in [3.05, 3.63) is 41.4 Å². The van der Waals surface area contributed by atoms with Gasteiger partial charge in [-0.25, -0.2) is 0 Å². The van der Waals surface area contributed by atoms with Crippen molar-refractivity contribution in [2.75, 3.05) is 6.54 Å². The zero-order chi connectivity index (χ0) is 12.9. The molecule has 0 unspecified atom stereocenters. The van der Waals surface area contributed by atoms with Crippen LogP contribution >= 0.6 is 11.6 Å². The van der Waals surface area contributed by atoms with E-state index < -0.39 is 6.36 Å². The van der Waals surface area contributed by atoms with E-state index in [0.29, 0.717) is 18.1 Å². The van der Waals surface area contributed by atoms with Crippen LogP contribution in [0, 0.1) is 0 Å². The van der Waals surface area contributed by atoms with Gasteiger partial charge < -0.3 is 10.1 Å². The standard InChI is InChI=1S/C11H11ClF3NO/c1-8(12)6-16-7-9-2-4-10(5-3-9)17-11(13,14)15/h2-5,16H,1,6-7H2. The molecule has 0 aliphatic heterocycles. The van der Waals surface area contributed by atoms with Crippen LogP contribution in [0.5, 0.6) is 5.75 Å². The Morgan fingerprint density at radius 1 is 1.29 bits per heavy atom. The molecule has 0 bridgehead atoms. The van der Waals surface area contributed by atoms with Gasteiger partial charge >= 0.3 is 6.36 Å². The minimum atomic E-state index is -4.66. The number of hydrogen-bond donors (Lipinski definition) is 1. The number of ether oxygens (including phenoxy) is 1. The molecule has 0 saturated heterocycles. The zero-order valence-electron chi connectivity index (χ0n) is 8.85. The molecule has 0 saturated carbocycles. The lowest BCUT2D eigenvalue weighted by atomic mass is 10.2. The number of hydrogen-bond acceptors (Lipinski definition) is 2. The summed E-state index contributed by atoms with van der Waals surface area (Å²) in [5, 5.41) is 3.45. The molecule has 17 heavy (non-hydrogen) atoms. The molecular weight excluding hydrogens is 255 g/mol. The molecule has 0 heterocycles. The second-order valence-electron chi connectivity index (χ2n) is 3.31. The first kappa shape index (κ1) is 13.9. The summed E-state index contributed by atoms with van der Waals surface area (Å²) in [6.07, 6.45) is -4.66. The quantitative estimate of drug-likeness (QED) is 0.881. The Bertz CT molecular complexity index is 375. The average molecular weight is 266 g/mol. The molecule has 0 aliphatic rings. The summed E-state index contributed by atoms with van der Waals surface area (Å²) in [5.74, 6) is -0.233. The predicted octanol–water partition coefficient (Wildman–Crippen LogP) is 3.43.